The topological polar surface area (TPSA) is 70.1 Å². The summed E-state index contributed by atoms with van der Waals surface area (Å²) in [7, 11) is -1.82. The Hall–Kier alpha value is -1.42. The smallest absolute Gasteiger partial charge is 0.441 e. The van der Waals surface area contributed by atoms with Crippen LogP contribution in [0.5, 0.6) is 0 Å². The van der Waals surface area contributed by atoms with Crippen molar-refractivity contribution in [2.24, 2.45) is 5.41 Å². The maximum atomic E-state index is 12.6. The largest absolute Gasteiger partial charge is 0.514 e. The summed E-state index contributed by atoms with van der Waals surface area (Å²) in [5, 5.41) is 0. The highest BCUT2D eigenvalue weighted by atomic mass is 28.3. The lowest BCUT2D eigenvalue weighted by Gasteiger charge is -2.35. The number of nitrogens with zero attached hydrogens (tertiary/aromatic N) is 2. The first-order chi connectivity index (χ1) is 13.7. The number of hydrogen-bond acceptors (Lipinski definition) is 6. The summed E-state index contributed by atoms with van der Waals surface area (Å²) in [5.74, 6) is 0. The molecule has 166 valence electrons. The number of carbonyl (C=O) groups excluding carboxylic acids is 1. The molecule has 30 heavy (non-hydrogen) atoms. The number of cyclic esters (lactones) is 1. The summed E-state index contributed by atoms with van der Waals surface area (Å²) >= 11 is 0. The van der Waals surface area contributed by atoms with Crippen molar-refractivity contribution in [3.63, 3.8) is 0 Å². The lowest BCUT2D eigenvalue weighted by atomic mass is 9.84. The second-order valence-corrected chi connectivity index (χ2v) is 12.9. The number of pyridine rings is 1. The molecule has 2 atom stereocenters. The molecule has 0 aliphatic carbocycles. The van der Waals surface area contributed by atoms with Crippen molar-refractivity contribution >= 4 is 33.5 Å². The number of aromatic nitrogens is 1. The van der Waals surface area contributed by atoms with Gasteiger partial charge in [0.05, 0.1) is 41.3 Å². The standard InChI is InChI=1S/C21H35BN2O5Si/c1-19(2,3)17(27-30(8)9)15-13-24(18(25)26-15)14-10-11-16(23-12-14)22-28-20(4,5)21(6,7)29-22/h10-12,15,17,30H,13H2,1-9H3/t15?,17-/m0/s1. The summed E-state index contributed by atoms with van der Waals surface area (Å²) in [6.45, 7) is 19.1. The van der Waals surface area contributed by atoms with Crippen LogP contribution in [0, 0.1) is 5.41 Å². The molecule has 2 aliphatic heterocycles. The summed E-state index contributed by atoms with van der Waals surface area (Å²) in [5.41, 5.74) is 0.398. The second kappa shape index (κ2) is 7.93. The fourth-order valence-electron chi connectivity index (χ4n) is 3.66. The SMILES string of the molecule is C[SiH](C)O[C@@H](C1CN(c2ccc(B3OC(C)(C)C(C)(C)O3)nc2)C(=O)O1)C(C)(C)C. The minimum absolute atomic E-state index is 0.128. The van der Waals surface area contributed by atoms with E-state index in [2.05, 4.69) is 38.8 Å². The third kappa shape index (κ3) is 4.59. The third-order valence-electron chi connectivity index (χ3n) is 6.02. The van der Waals surface area contributed by atoms with E-state index in [1.54, 1.807) is 11.1 Å². The first-order valence-corrected chi connectivity index (χ1v) is 13.4. The van der Waals surface area contributed by atoms with Crippen LogP contribution in [0.15, 0.2) is 18.3 Å². The fraction of sp³-hybridized carbons (Fsp3) is 0.714. The van der Waals surface area contributed by atoms with Crippen molar-refractivity contribution in [2.45, 2.75) is 85.0 Å². The fourth-order valence-corrected chi connectivity index (χ4v) is 4.83. The van der Waals surface area contributed by atoms with Crippen molar-refractivity contribution in [3.8, 4) is 0 Å². The number of anilines is 1. The highest BCUT2D eigenvalue weighted by Crippen LogP contribution is 2.36. The predicted octanol–water partition coefficient (Wildman–Crippen LogP) is 3.12. The van der Waals surface area contributed by atoms with Crippen LogP contribution in [0.4, 0.5) is 10.5 Å². The number of carbonyl (C=O) groups is 1. The van der Waals surface area contributed by atoms with Gasteiger partial charge in [0.1, 0.15) is 6.10 Å². The van der Waals surface area contributed by atoms with Crippen LogP contribution in [-0.2, 0) is 18.5 Å². The minimum atomic E-state index is -1.29. The van der Waals surface area contributed by atoms with Crippen molar-refractivity contribution in [3.05, 3.63) is 18.3 Å². The minimum Gasteiger partial charge on any atom is -0.441 e. The van der Waals surface area contributed by atoms with E-state index in [1.165, 1.54) is 0 Å². The van der Waals surface area contributed by atoms with Crippen LogP contribution in [0.3, 0.4) is 0 Å². The van der Waals surface area contributed by atoms with Gasteiger partial charge in [-0.3, -0.25) is 9.88 Å². The molecular formula is C21H35BN2O5Si. The van der Waals surface area contributed by atoms with E-state index >= 15 is 0 Å². The van der Waals surface area contributed by atoms with Gasteiger partial charge in [0, 0.05) is 0 Å². The van der Waals surface area contributed by atoms with Crippen molar-refractivity contribution < 1.29 is 23.3 Å². The van der Waals surface area contributed by atoms with E-state index in [0.717, 1.165) is 0 Å². The van der Waals surface area contributed by atoms with Gasteiger partial charge in [-0.05, 0) is 58.3 Å². The van der Waals surface area contributed by atoms with Gasteiger partial charge < -0.3 is 18.5 Å². The van der Waals surface area contributed by atoms with Gasteiger partial charge in [-0.15, -0.1) is 0 Å². The number of amides is 1. The van der Waals surface area contributed by atoms with Gasteiger partial charge in [0.15, 0.2) is 9.04 Å². The van der Waals surface area contributed by atoms with Crippen LogP contribution in [0.1, 0.15) is 48.5 Å². The molecule has 1 aromatic rings. The lowest BCUT2D eigenvalue weighted by molar-refractivity contribution is -0.0143. The molecule has 3 rings (SSSR count). The highest BCUT2D eigenvalue weighted by Gasteiger charge is 2.52. The highest BCUT2D eigenvalue weighted by molar-refractivity contribution is 6.61. The van der Waals surface area contributed by atoms with E-state index < -0.39 is 27.4 Å². The van der Waals surface area contributed by atoms with Gasteiger partial charge in [0.2, 0.25) is 0 Å². The van der Waals surface area contributed by atoms with Crippen LogP contribution < -0.4 is 10.5 Å². The van der Waals surface area contributed by atoms with E-state index in [9.17, 15) is 4.79 Å². The van der Waals surface area contributed by atoms with Gasteiger partial charge in [-0.2, -0.15) is 0 Å². The number of hydrogen-bond donors (Lipinski definition) is 0. The van der Waals surface area contributed by atoms with Crippen LogP contribution in [-0.4, -0.2) is 57.2 Å². The monoisotopic (exact) mass is 434 g/mol. The molecule has 1 unspecified atom stereocenters. The van der Waals surface area contributed by atoms with E-state index in [-0.39, 0.29) is 23.7 Å². The summed E-state index contributed by atoms with van der Waals surface area (Å²) < 4.78 is 24.1. The van der Waals surface area contributed by atoms with Crippen LogP contribution >= 0.6 is 0 Å². The van der Waals surface area contributed by atoms with E-state index in [1.807, 2.05) is 39.8 Å². The first-order valence-electron chi connectivity index (χ1n) is 10.7. The van der Waals surface area contributed by atoms with E-state index in [4.69, 9.17) is 18.5 Å². The average Bonchev–Trinajstić information content (AvgIpc) is 3.08. The number of ether oxygens (including phenoxy) is 1. The Morgan fingerprint density at radius 3 is 2.27 bits per heavy atom. The molecule has 0 saturated carbocycles. The van der Waals surface area contributed by atoms with E-state index in [0.29, 0.717) is 17.8 Å². The van der Waals surface area contributed by atoms with Crippen molar-refractivity contribution in [2.75, 3.05) is 11.4 Å². The molecule has 0 N–H and O–H groups in total. The van der Waals surface area contributed by atoms with Crippen LogP contribution in [0.2, 0.25) is 13.1 Å². The molecule has 1 amide bonds. The van der Waals surface area contributed by atoms with Gasteiger partial charge in [-0.25, -0.2) is 4.79 Å². The molecule has 1 aromatic heterocycles. The third-order valence-corrected chi connectivity index (χ3v) is 6.86. The summed E-state index contributed by atoms with van der Waals surface area (Å²) in [6.07, 6.45) is 0.854. The maximum Gasteiger partial charge on any atom is 0.514 e. The summed E-state index contributed by atoms with van der Waals surface area (Å²) in [6, 6.07) is 3.71. The molecule has 0 spiro atoms. The molecule has 7 nitrogen and oxygen atoms in total. The van der Waals surface area contributed by atoms with Crippen LogP contribution in [0.25, 0.3) is 0 Å². The molecule has 0 radical (unpaired) electrons. The Bertz CT molecular complexity index is 763. The zero-order valence-corrected chi connectivity index (χ0v) is 20.8. The first kappa shape index (κ1) is 23.2. The number of rotatable bonds is 5. The Kier molecular flexibility index (Phi) is 6.14. The van der Waals surface area contributed by atoms with Crippen molar-refractivity contribution in [1.29, 1.82) is 0 Å². The predicted molar refractivity (Wildman–Crippen MR) is 121 cm³/mol. The molecule has 2 saturated heterocycles. The van der Waals surface area contributed by atoms with Gasteiger partial charge in [-0.1, -0.05) is 20.8 Å². The molecular weight excluding hydrogens is 399 g/mol. The van der Waals surface area contributed by atoms with Gasteiger partial charge in [0.25, 0.3) is 0 Å². The average molecular weight is 434 g/mol. The molecule has 0 aromatic carbocycles. The maximum absolute atomic E-state index is 12.6. The second-order valence-electron chi connectivity index (χ2n) is 10.5. The zero-order valence-electron chi connectivity index (χ0n) is 19.7. The Balaban J connectivity index is 1.73. The Labute approximate surface area is 182 Å². The molecule has 3 heterocycles. The quantitative estimate of drug-likeness (QED) is 0.664. The van der Waals surface area contributed by atoms with Gasteiger partial charge >= 0.3 is 13.2 Å². The van der Waals surface area contributed by atoms with Crippen molar-refractivity contribution in [1.82, 2.24) is 4.98 Å². The molecule has 0 bridgehead atoms. The normalized spacial score (nSPS) is 24.5. The zero-order chi connectivity index (χ0) is 22.5. The molecule has 9 heteroatoms. The molecule has 2 fully saturated rings. The lowest BCUT2D eigenvalue weighted by Crippen LogP contribution is -2.44. The Morgan fingerprint density at radius 2 is 1.80 bits per heavy atom. The Morgan fingerprint density at radius 1 is 1.20 bits per heavy atom. The molecule has 2 aliphatic rings. The summed E-state index contributed by atoms with van der Waals surface area (Å²) in [4.78, 5) is 18.7.